The molecule has 0 saturated carbocycles. The first kappa shape index (κ1) is 23.6. The number of nitrogens with one attached hydrogen (secondary N) is 1. The molecular weight excluding hydrogens is 394 g/mol. The van der Waals surface area contributed by atoms with Gasteiger partial charge in [0.25, 0.3) is 5.91 Å². The number of aromatic nitrogens is 3. The molecular formula is C23H27N5O3. The highest BCUT2D eigenvalue weighted by Crippen LogP contribution is 2.21. The Kier molecular flexibility index (Phi) is 8.73. The fraction of sp³-hybridized carbons (Fsp3) is 0.304. The Balaban J connectivity index is 2.03. The molecule has 31 heavy (non-hydrogen) atoms. The molecule has 2 heterocycles. The minimum Gasteiger partial charge on any atom is -0.493 e. The number of amides is 1. The van der Waals surface area contributed by atoms with Crippen molar-refractivity contribution in [3.05, 3.63) is 71.6 Å². The fourth-order valence-electron chi connectivity index (χ4n) is 2.64. The van der Waals surface area contributed by atoms with E-state index in [0.717, 1.165) is 5.57 Å². The van der Waals surface area contributed by atoms with E-state index >= 15 is 0 Å². The molecule has 2 N–H and O–H groups in total. The van der Waals surface area contributed by atoms with E-state index in [9.17, 15) is 9.90 Å². The van der Waals surface area contributed by atoms with E-state index in [1.165, 1.54) is 17.1 Å². The lowest BCUT2D eigenvalue weighted by Crippen LogP contribution is -2.27. The second-order valence-corrected chi connectivity index (χ2v) is 7.07. The third-order valence-electron chi connectivity index (χ3n) is 4.45. The van der Waals surface area contributed by atoms with Crippen LogP contribution in [0.25, 0.3) is 5.82 Å². The maximum atomic E-state index is 12.2. The summed E-state index contributed by atoms with van der Waals surface area (Å²) in [6, 6.07) is 5.32. The Hall–Kier alpha value is -3.70. The normalized spacial score (nSPS) is 12.5. The molecule has 2 aromatic heterocycles. The molecule has 1 atom stereocenters. The fourth-order valence-corrected chi connectivity index (χ4v) is 2.64. The van der Waals surface area contributed by atoms with Crippen LogP contribution in [0.15, 0.2) is 60.5 Å². The summed E-state index contributed by atoms with van der Waals surface area (Å²) < 4.78 is 6.44. The van der Waals surface area contributed by atoms with Gasteiger partial charge in [-0.3, -0.25) is 4.79 Å². The SMILES string of the molecule is C=C(C)/C=C(C#N)\C=C/Cc1cnn(-c2ccc(C(=O)NCCC(C)OC)cn2)c1O. The van der Waals surface area contributed by atoms with Crippen molar-refractivity contribution in [2.45, 2.75) is 32.8 Å². The van der Waals surface area contributed by atoms with Crippen molar-refractivity contribution in [1.82, 2.24) is 20.1 Å². The van der Waals surface area contributed by atoms with Gasteiger partial charge in [-0.15, -0.1) is 0 Å². The Bertz CT molecular complexity index is 1010. The van der Waals surface area contributed by atoms with Gasteiger partial charge < -0.3 is 15.2 Å². The Morgan fingerprint density at radius 2 is 2.23 bits per heavy atom. The predicted molar refractivity (Wildman–Crippen MR) is 118 cm³/mol. The number of carbonyl (C=O) groups excluding carboxylic acids is 1. The van der Waals surface area contributed by atoms with E-state index in [1.807, 2.05) is 13.8 Å². The first-order valence-electron chi connectivity index (χ1n) is 9.82. The summed E-state index contributed by atoms with van der Waals surface area (Å²) in [6.07, 6.45) is 9.27. The highest BCUT2D eigenvalue weighted by atomic mass is 16.5. The zero-order valence-electron chi connectivity index (χ0n) is 18.0. The van der Waals surface area contributed by atoms with Gasteiger partial charge in [0.2, 0.25) is 5.88 Å². The Morgan fingerprint density at radius 1 is 1.45 bits per heavy atom. The number of allylic oxidation sites excluding steroid dienone is 5. The van der Waals surface area contributed by atoms with Crippen molar-refractivity contribution in [3.63, 3.8) is 0 Å². The summed E-state index contributed by atoms with van der Waals surface area (Å²) in [7, 11) is 1.63. The maximum absolute atomic E-state index is 12.2. The third-order valence-corrected chi connectivity index (χ3v) is 4.45. The predicted octanol–water partition coefficient (Wildman–Crippen LogP) is 3.25. The van der Waals surface area contributed by atoms with Gasteiger partial charge in [-0.2, -0.15) is 15.0 Å². The van der Waals surface area contributed by atoms with E-state index in [2.05, 4.69) is 28.0 Å². The quantitative estimate of drug-likeness (QED) is 0.450. The number of ether oxygens (including phenoxy) is 1. The highest BCUT2D eigenvalue weighted by Gasteiger charge is 2.12. The number of nitrogens with zero attached hydrogens (tertiary/aromatic N) is 4. The lowest BCUT2D eigenvalue weighted by Gasteiger charge is -2.10. The zero-order valence-corrected chi connectivity index (χ0v) is 18.0. The van der Waals surface area contributed by atoms with Crippen molar-refractivity contribution in [3.8, 4) is 17.8 Å². The van der Waals surface area contributed by atoms with Gasteiger partial charge in [0, 0.05) is 25.4 Å². The van der Waals surface area contributed by atoms with Crippen molar-refractivity contribution in [2.75, 3.05) is 13.7 Å². The molecule has 0 aliphatic carbocycles. The summed E-state index contributed by atoms with van der Waals surface area (Å²) in [5.41, 5.74) is 2.26. The molecule has 8 heteroatoms. The van der Waals surface area contributed by atoms with E-state index in [0.29, 0.717) is 41.9 Å². The number of pyridine rings is 1. The lowest BCUT2D eigenvalue weighted by atomic mass is 10.1. The average molecular weight is 422 g/mol. The molecule has 0 radical (unpaired) electrons. The van der Waals surface area contributed by atoms with Gasteiger partial charge in [-0.1, -0.05) is 18.2 Å². The monoisotopic (exact) mass is 421 g/mol. The molecule has 8 nitrogen and oxygen atoms in total. The average Bonchev–Trinajstić information content (AvgIpc) is 3.12. The molecule has 1 unspecified atom stereocenters. The van der Waals surface area contributed by atoms with Crippen LogP contribution in [-0.2, 0) is 11.2 Å². The van der Waals surface area contributed by atoms with Crippen LogP contribution in [0.4, 0.5) is 0 Å². The molecule has 0 bridgehead atoms. The van der Waals surface area contributed by atoms with Crippen LogP contribution >= 0.6 is 0 Å². The van der Waals surface area contributed by atoms with E-state index in [-0.39, 0.29) is 17.9 Å². The molecule has 162 valence electrons. The van der Waals surface area contributed by atoms with Crippen LogP contribution < -0.4 is 5.32 Å². The number of aromatic hydroxyl groups is 1. The molecule has 0 saturated heterocycles. The van der Waals surface area contributed by atoms with Gasteiger partial charge in [-0.25, -0.2) is 4.98 Å². The lowest BCUT2D eigenvalue weighted by molar-refractivity contribution is 0.0917. The number of hydrogen-bond donors (Lipinski definition) is 2. The topological polar surface area (TPSA) is 113 Å². The Labute approximate surface area is 182 Å². The smallest absolute Gasteiger partial charge is 0.252 e. The summed E-state index contributed by atoms with van der Waals surface area (Å²) >= 11 is 0. The molecule has 0 aromatic carbocycles. The van der Waals surface area contributed by atoms with Crippen LogP contribution in [0.5, 0.6) is 5.88 Å². The van der Waals surface area contributed by atoms with Crippen LogP contribution in [0, 0.1) is 11.3 Å². The van der Waals surface area contributed by atoms with Crippen LogP contribution in [0.2, 0.25) is 0 Å². The van der Waals surface area contributed by atoms with Crippen molar-refractivity contribution in [1.29, 1.82) is 5.26 Å². The summed E-state index contributed by atoms with van der Waals surface area (Å²) in [5.74, 6) is 0.108. The summed E-state index contributed by atoms with van der Waals surface area (Å²) in [4.78, 5) is 16.4. The minimum atomic E-state index is -0.228. The second-order valence-electron chi connectivity index (χ2n) is 7.07. The first-order valence-corrected chi connectivity index (χ1v) is 9.82. The van der Waals surface area contributed by atoms with Gasteiger partial charge in [0.1, 0.15) is 0 Å². The molecule has 2 rings (SSSR count). The van der Waals surface area contributed by atoms with Gasteiger partial charge >= 0.3 is 0 Å². The second kappa shape index (κ2) is 11.5. The van der Waals surface area contributed by atoms with Crippen LogP contribution in [-0.4, -0.2) is 45.5 Å². The van der Waals surface area contributed by atoms with E-state index in [1.54, 1.807) is 37.5 Å². The molecule has 0 fully saturated rings. The number of rotatable bonds is 10. The van der Waals surface area contributed by atoms with Crippen LogP contribution in [0.1, 0.15) is 36.2 Å². The largest absolute Gasteiger partial charge is 0.493 e. The highest BCUT2D eigenvalue weighted by molar-refractivity contribution is 5.93. The first-order chi connectivity index (χ1) is 14.8. The summed E-state index contributed by atoms with van der Waals surface area (Å²) in [5, 5.41) is 26.6. The number of nitriles is 1. The number of hydrogen-bond acceptors (Lipinski definition) is 6. The molecule has 2 aromatic rings. The van der Waals surface area contributed by atoms with Crippen LogP contribution in [0.3, 0.4) is 0 Å². The van der Waals surface area contributed by atoms with E-state index in [4.69, 9.17) is 10.00 Å². The van der Waals surface area contributed by atoms with Crippen molar-refractivity contribution >= 4 is 5.91 Å². The minimum absolute atomic E-state index is 0.0507. The van der Waals surface area contributed by atoms with Gasteiger partial charge in [0.15, 0.2) is 5.82 Å². The Morgan fingerprint density at radius 3 is 2.84 bits per heavy atom. The summed E-state index contributed by atoms with van der Waals surface area (Å²) in [6.45, 7) is 8.00. The standard InChI is InChI=1S/C23H27N5O3/c1-16(2)12-18(13-24)6-5-7-20-15-27-28(23(20)30)21-9-8-19(14-26-21)22(29)25-11-10-17(3)31-4/h5-6,8-9,12,14-15,17,30H,1,7,10-11H2,2-4H3,(H,25,29)/b6-5-,18-12+. The van der Waals surface area contributed by atoms with Crippen molar-refractivity contribution in [2.24, 2.45) is 0 Å². The maximum Gasteiger partial charge on any atom is 0.252 e. The van der Waals surface area contributed by atoms with Crippen molar-refractivity contribution < 1.29 is 14.6 Å². The molecule has 0 spiro atoms. The number of carbonyl (C=O) groups is 1. The van der Waals surface area contributed by atoms with Gasteiger partial charge in [-0.05, 0) is 51.0 Å². The molecule has 0 aliphatic heterocycles. The number of methoxy groups -OCH3 is 1. The third kappa shape index (κ3) is 6.94. The van der Waals surface area contributed by atoms with Gasteiger partial charge in [0.05, 0.1) is 29.5 Å². The zero-order chi connectivity index (χ0) is 22.8. The van der Waals surface area contributed by atoms with E-state index < -0.39 is 0 Å². The molecule has 1 amide bonds. The molecule has 0 aliphatic rings.